The molecule has 1 aromatic carbocycles. The summed E-state index contributed by atoms with van der Waals surface area (Å²) >= 11 is 3.23. The van der Waals surface area contributed by atoms with Gasteiger partial charge < -0.3 is 10.4 Å². The number of aromatic carboxylic acids is 1. The van der Waals surface area contributed by atoms with Crippen LogP contribution in [0.2, 0.25) is 0 Å². The van der Waals surface area contributed by atoms with Crippen molar-refractivity contribution in [1.29, 1.82) is 0 Å². The Balaban J connectivity index is 2.06. The van der Waals surface area contributed by atoms with E-state index in [1.165, 1.54) is 6.07 Å². The van der Waals surface area contributed by atoms with Gasteiger partial charge in [-0.3, -0.25) is 0 Å². The Labute approximate surface area is 120 Å². The van der Waals surface area contributed by atoms with Crippen molar-refractivity contribution in [3.05, 3.63) is 28.2 Å². The first-order valence-corrected chi connectivity index (χ1v) is 8.46. The molecular weight excluding hydrogens is 334 g/mol. The van der Waals surface area contributed by atoms with Crippen LogP contribution in [0.1, 0.15) is 16.8 Å². The first-order chi connectivity index (χ1) is 8.87. The van der Waals surface area contributed by atoms with Crippen LogP contribution in [-0.2, 0) is 9.84 Å². The second kappa shape index (κ2) is 5.50. The number of carboxylic acid groups (broad SMARTS) is 1. The minimum atomic E-state index is -2.90. The van der Waals surface area contributed by atoms with Crippen molar-refractivity contribution < 1.29 is 18.3 Å². The molecule has 0 amide bonds. The third kappa shape index (κ3) is 3.70. The van der Waals surface area contributed by atoms with Crippen LogP contribution in [0.15, 0.2) is 22.7 Å². The number of halogens is 1. The summed E-state index contributed by atoms with van der Waals surface area (Å²) < 4.78 is 23.4. The smallest absolute Gasteiger partial charge is 0.337 e. The lowest BCUT2D eigenvalue weighted by atomic mass is 10.1. The Morgan fingerprint density at radius 1 is 1.47 bits per heavy atom. The van der Waals surface area contributed by atoms with Crippen molar-refractivity contribution in [3.63, 3.8) is 0 Å². The zero-order valence-electron chi connectivity index (χ0n) is 10.1. The van der Waals surface area contributed by atoms with E-state index in [4.69, 9.17) is 5.11 Å². The van der Waals surface area contributed by atoms with E-state index < -0.39 is 15.8 Å². The Bertz CT molecular complexity index is 600. The SMILES string of the molecule is O=C(O)c1cc(Br)ccc1NCC1CCS(=O)(=O)C1. The summed E-state index contributed by atoms with van der Waals surface area (Å²) in [7, 11) is -2.90. The van der Waals surface area contributed by atoms with Crippen molar-refractivity contribution in [2.45, 2.75) is 6.42 Å². The fourth-order valence-electron chi connectivity index (χ4n) is 2.13. The summed E-state index contributed by atoms with van der Waals surface area (Å²) in [5.41, 5.74) is 0.690. The van der Waals surface area contributed by atoms with Gasteiger partial charge >= 0.3 is 5.97 Å². The molecule has 2 rings (SSSR count). The molecule has 0 aliphatic carbocycles. The van der Waals surface area contributed by atoms with Gasteiger partial charge in [-0.25, -0.2) is 13.2 Å². The van der Waals surface area contributed by atoms with E-state index in [0.29, 0.717) is 23.1 Å². The number of sulfone groups is 1. The third-order valence-corrected chi connectivity index (χ3v) is 5.45. The van der Waals surface area contributed by atoms with Gasteiger partial charge in [0.05, 0.1) is 17.1 Å². The molecule has 1 atom stereocenters. The van der Waals surface area contributed by atoms with Gasteiger partial charge in [0, 0.05) is 16.7 Å². The summed E-state index contributed by atoms with van der Waals surface area (Å²) in [4.78, 5) is 11.1. The van der Waals surface area contributed by atoms with E-state index in [1.54, 1.807) is 12.1 Å². The van der Waals surface area contributed by atoms with Crippen molar-refractivity contribution in [1.82, 2.24) is 0 Å². The Hall–Kier alpha value is -1.08. The summed E-state index contributed by atoms with van der Waals surface area (Å²) in [6, 6.07) is 4.95. The highest BCUT2D eigenvalue weighted by atomic mass is 79.9. The van der Waals surface area contributed by atoms with Crippen LogP contribution >= 0.6 is 15.9 Å². The molecule has 1 fully saturated rings. The number of hydrogen-bond acceptors (Lipinski definition) is 4. The summed E-state index contributed by atoms with van der Waals surface area (Å²) in [6.45, 7) is 0.473. The van der Waals surface area contributed by atoms with Crippen LogP contribution in [-0.4, -0.2) is 37.5 Å². The maximum atomic E-state index is 11.3. The molecule has 104 valence electrons. The minimum absolute atomic E-state index is 0.0512. The molecule has 0 bridgehead atoms. The Kier molecular flexibility index (Phi) is 4.15. The molecule has 2 N–H and O–H groups in total. The molecule has 5 nitrogen and oxygen atoms in total. The first kappa shape index (κ1) is 14.3. The molecule has 1 aliphatic heterocycles. The number of carbonyl (C=O) groups is 1. The number of anilines is 1. The molecule has 0 aromatic heterocycles. The molecule has 7 heteroatoms. The van der Waals surface area contributed by atoms with Gasteiger partial charge in [0.2, 0.25) is 0 Å². The molecule has 1 heterocycles. The fraction of sp³-hybridized carbons (Fsp3) is 0.417. The molecule has 1 aromatic rings. The third-order valence-electron chi connectivity index (χ3n) is 3.12. The topological polar surface area (TPSA) is 83.5 Å². The van der Waals surface area contributed by atoms with Crippen LogP contribution in [0, 0.1) is 5.92 Å². The molecular formula is C12H14BrNO4S. The van der Waals surface area contributed by atoms with Crippen LogP contribution in [0.4, 0.5) is 5.69 Å². The quantitative estimate of drug-likeness (QED) is 0.870. The van der Waals surface area contributed by atoms with Gasteiger partial charge in [0.25, 0.3) is 0 Å². The molecule has 1 unspecified atom stereocenters. The summed E-state index contributed by atoms with van der Waals surface area (Å²) in [5, 5.41) is 12.1. The average molecular weight is 348 g/mol. The van der Waals surface area contributed by atoms with E-state index >= 15 is 0 Å². The molecule has 1 aliphatic rings. The van der Waals surface area contributed by atoms with Gasteiger partial charge in [0.1, 0.15) is 0 Å². The van der Waals surface area contributed by atoms with Crippen molar-refractivity contribution in [2.75, 3.05) is 23.4 Å². The lowest BCUT2D eigenvalue weighted by Gasteiger charge is -2.13. The average Bonchev–Trinajstić information content (AvgIpc) is 2.67. The molecule has 1 saturated heterocycles. The van der Waals surface area contributed by atoms with Gasteiger partial charge in [-0.05, 0) is 30.5 Å². The normalized spacial score (nSPS) is 21.2. The van der Waals surface area contributed by atoms with Crippen molar-refractivity contribution in [3.8, 4) is 0 Å². The van der Waals surface area contributed by atoms with Crippen LogP contribution in [0.25, 0.3) is 0 Å². The Morgan fingerprint density at radius 2 is 2.21 bits per heavy atom. The van der Waals surface area contributed by atoms with Crippen LogP contribution in [0.5, 0.6) is 0 Å². The summed E-state index contributed by atoms with van der Waals surface area (Å²) in [6.07, 6.45) is 0.633. The minimum Gasteiger partial charge on any atom is -0.478 e. The number of nitrogens with one attached hydrogen (secondary N) is 1. The molecule has 0 radical (unpaired) electrons. The highest BCUT2D eigenvalue weighted by Gasteiger charge is 2.27. The second-order valence-electron chi connectivity index (χ2n) is 4.65. The maximum Gasteiger partial charge on any atom is 0.337 e. The van der Waals surface area contributed by atoms with E-state index in [2.05, 4.69) is 21.2 Å². The zero-order chi connectivity index (χ0) is 14.0. The van der Waals surface area contributed by atoms with E-state index in [0.717, 1.165) is 0 Å². The van der Waals surface area contributed by atoms with Crippen molar-refractivity contribution in [2.24, 2.45) is 5.92 Å². The van der Waals surface area contributed by atoms with E-state index in [9.17, 15) is 13.2 Å². The zero-order valence-corrected chi connectivity index (χ0v) is 12.5. The van der Waals surface area contributed by atoms with Crippen molar-refractivity contribution >= 4 is 37.4 Å². The number of benzene rings is 1. The first-order valence-electron chi connectivity index (χ1n) is 5.84. The highest BCUT2D eigenvalue weighted by Crippen LogP contribution is 2.23. The van der Waals surface area contributed by atoms with Gasteiger partial charge in [-0.15, -0.1) is 0 Å². The lowest BCUT2D eigenvalue weighted by molar-refractivity contribution is 0.0698. The number of rotatable bonds is 4. The van der Waals surface area contributed by atoms with Crippen LogP contribution < -0.4 is 5.32 Å². The molecule has 0 saturated carbocycles. The predicted molar refractivity (Wildman–Crippen MR) is 76.4 cm³/mol. The van der Waals surface area contributed by atoms with Gasteiger partial charge in [0.15, 0.2) is 9.84 Å². The number of carboxylic acids is 1. The van der Waals surface area contributed by atoms with Gasteiger partial charge in [-0.1, -0.05) is 15.9 Å². The highest BCUT2D eigenvalue weighted by molar-refractivity contribution is 9.10. The monoisotopic (exact) mass is 347 g/mol. The lowest BCUT2D eigenvalue weighted by Crippen LogP contribution is -2.17. The van der Waals surface area contributed by atoms with E-state index in [-0.39, 0.29) is 23.0 Å². The fourth-order valence-corrected chi connectivity index (χ4v) is 4.36. The van der Waals surface area contributed by atoms with E-state index in [1.807, 2.05) is 0 Å². The molecule has 0 spiro atoms. The Morgan fingerprint density at radius 3 is 2.79 bits per heavy atom. The predicted octanol–water partition coefficient (Wildman–Crippen LogP) is 1.99. The maximum absolute atomic E-state index is 11.3. The standard InChI is InChI=1S/C12H14BrNO4S/c13-9-1-2-11(10(5-9)12(15)16)14-6-8-3-4-19(17,18)7-8/h1-2,5,8,14H,3-4,6-7H2,(H,15,16). The van der Waals surface area contributed by atoms with Crippen LogP contribution in [0.3, 0.4) is 0 Å². The van der Waals surface area contributed by atoms with Gasteiger partial charge in [-0.2, -0.15) is 0 Å². The molecule has 19 heavy (non-hydrogen) atoms. The summed E-state index contributed by atoms with van der Waals surface area (Å²) in [5.74, 6) is -0.553. The second-order valence-corrected chi connectivity index (χ2v) is 7.79. The largest absolute Gasteiger partial charge is 0.478 e. The number of hydrogen-bond donors (Lipinski definition) is 2.